The summed E-state index contributed by atoms with van der Waals surface area (Å²) >= 11 is 0. The maximum atomic E-state index is 14.6. The van der Waals surface area contributed by atoms with Crippen LogP contribution in [0, 0.1) is 11.6 Å². The number of rotatable bonds is 8. The second kappa shape index (κ2) is 7.77. The molecular weight excluding hydrogens is 362 g/mol. The molecule has 1 aliphatic rings. The number of aromatic nitrogens is 3. The summed E-state index contributed by atoms with van der Waals surface area (Å²) in [6.07, 6.45) is 4.92. The smallest absolute Gasteiger partial charge is 0.137 e. The maximum absolute atomic E-state index is 14.6. The third-order valence-electron chi connectivity index (χ3n) is 5.08. The van der Waals surface area contributed by atoms with Crippen molar-refractivity contribution in [1.82, 2.24) is 19.7 Å². The molecule has 1 heterocycles. The molecule has 0 bridgehead atoms. The molecule has 0 aliphatic heterocycles. The molecule has 0 radical (unpaired) electrons. The maximum Gasteiger partial charge on any atom is 0.137 e. The van der Waals surface area contributed by atoms with Crippen molar-refractivity contribution in [2.75, 3.05) is 6.54 Å². The van der Waals surface area contributed by atoms with Gasteiger partial charge in [0.2, 0.25) is 0 Å². The average Bonchev–Trinajstić information content (AvgIpc) is 3.40. The molecule has 1 atom stereocenters. The summed E-state index contributed by atoms with van der Waals surface area (Å²) in [4.78, 5) is 6.07. The normalized spacial score (nSPS) is 16.3. The van der Waals surface area contributed by atoms with Crippen LogP contribution in [0.4, 0.5) is 8.78 Å². The Kier molecular flexibility index (Phi) is 5.19. The van der Waals surface area contributed by atoms with E-state index in [1.165, 1.54) is 29.5 Å². The van der Waals surface area contributed by atoms with Gasteiger partial charge in [-0.15, -0.1) is 0 Å². The quantitative estimate of drug-likeness (QED) is 0.648. The average molecular weight is 384 g/mol. The van der Waals surface area contributed by atoms with Gasteiger partial charge in [0.25, 0.3) is 0 Å². The molecular formula is C21H22F2N4O. The third-order valence-corrected chi connectivity index (χ3v) is 5.08. The molecule has 28 heavy (non-hydrogen) atoms. The van der Waals surface area contributed by atoms with Crippen molar-refractivity contribution < 1.29 is 13.9 Å². The predicted molar refractivity (Wildman–Crippen MR) is 100 cm³/mol. The first-order valence-corrected chi connectivity index (χ1v) is 9.32. The molecule has 1 unspecified atom stereocenters. The Balaban J connectivity index is 1.65. The fourth-order valence-electron chi connectivity index (χ4n) is 3.58. The summed E-state index contributed by atoms with van der Waals surface area (Å²) < 4.78 is 29.5. The van der Waals surface area contributed by atoms with E-state index in [0.717, 1.165) is 24.5 Å². The van der Waals surface area contributed by atoms with Crippen LogP contribution in [0.2, 0.25) is 0 Å². The molecule has 1 fully saturated rings. The van der Waals surface area contributed by atoms with Crippen molar-refractivity contribution in [3.63, 3.8) is 0 Å². The fraction of sp³-hybridized carbons (Fsp3) is 0.333. The lowest BCUT2D eigenvalue weighted by Crippen LogP contribution is -2.45. The van der Waals surface area contributed by atoms with Gasteiger partial charge in [0.1, 0.15) is 29.9 Å². The first-order valence-electron chi connectivity index (χ1n) is 9.32. The minimum Gasteiger partial charge on any atom is -0.382 e. The van der Waals surface area contributed by atoms with Gasteiger partial charge in [-0.3, -0.25) is 4.90 Å². The molecule has 4 rings (SSSR count). The van der Waals surface area contributed by atoms with Gasteiger partial charge in [-0.25, -0.2) is 18.4 Å². The van der Waals surface area contributed by atoms with Crippen LogP contribution in [0.25, 0.3) is 0 Å². The lowest BCUT2D eigenvalue weighted by Gasteiger charge is -2.35. The number of benzene rings is 2. The van der Waals surface area contributed by atoms with Crippen molar-refractivity contribution in [3.8, 4) is 0 Å². The second-order valence-electron chi connectivity index (χ2n) is 7.37. The molecule has 3 aromatic rings. The van der Waals surface area contributed by atoms with Crippen LogP contribution in [-0.2, 0) is 18.7 Å². The minimum atomic E-state index is -1.58. The number of aliphatic hydroxyl groups is 1. The van der Waals surface area contributed by atoms with Crippen LogP contribution in [0.5, 0.6) is 0 Å². The largest absolute Gasteiger partial charge is 0.382 e. The highest BCUT2D eigenvalue weighted by Crippen LogP contribution is 2.34. The molecule has 1 saturated carbocycles. The Morgan fingerprint density at radius 1 is 1.14 bits per heavy atom. The van der Waals surface area contributed by atoms with Gasteiger partial charge in [0, 0.05) is 30.8 Å². The number of hydrogen-bond acceptors (Lipinski definition) is 4. The van der Waals surface area contributed by atoms with Crippen molar-refractivity contribution in [2.24, 2.45) is 0 Å². The van der Waals surface area contributed by atoms with Crippen LogP contribution >= 0.6 is 0 Å². The zero-order valence-corrected chi connectivity index (χ0v) is 15.4. The lowest BCUT2D eigenvalue weighted by atomic mass is 9.92. The first kappa shape index (κ1) is 18.7. The molecule has 1 N–H and O–H groups in total. The Hall–Kier alpha value is -2.64. The number of nitrogens with zero attached hydrogens (tertiary/aromatic N) is 4. The predicted octanol–water partition coefficient (Wildman–Crippen LogP) is 3.11. The molecule has 1 aliphatic carbocycles. The second-order valence-corrected chi connectivity index (χ2v) is 7.37. The Bertz CT molecular complexity index is 915. The molecule has 5 nitrogen and oxygen atoms in total. The van der Waals surface area contributed by atoms with Crippen LogP contribution < -0.4 is 0 Å². The SMILES string of the molecule is OC(CN(Cc1ccccc1)C1CC1)(Cn1cncn1)c1ccc(F)cc1F. The van der Waals surface area contributed by atoms with Crippen LogP contribution in [0.1, 0.15) is 24.0 Å². The van der Waals surface area contributed by atoms with Gasteiger partial charge in [0.05, 0.1) is 6.54 Å². The van der Waals surface area contributed by atoms with Crippen molar-refractivity contribution in [2.45, 2.75) is 37.6 Å². The van der Waals surface area contributed by atoms with Gasteiger partial charge in [-0.1, -0.05) is 36.4 Å². The van der Waals surface area contributed by atoms with E-state index in [1.807, 2.05) is 30.3 Å². The van der Waals surface area contributed by atoms with Gasteiger partial charge in [-0.2, -0.15) is 5.10 Å². The highest BCUT2D eigenvalue weighted by molar-refractivity contribution is 5.26. The summed E-state index contributed by atoms with van der Waals surface area (Å²) in [6.45, 7) is 0.872. The first-order chi connectivity index (χ1) is 13.5. The van der Waals surface area contributed by atoms with Gasteiger partial charge < -0.3 is 5.11 Å². The van der Waals surface area contributed by atoms with Crippen molar-refractivity contribution >= 4 is 0 Å². The number of hydrogen-bond donors (Lipinski definition) is 1. The summed E-state index contributed by atoms with van der Waals surface area (Å²) in [6, 6.07) is 13.6. The van der Waals surface area contributed by atoms with Gasteiger partial charge in [0.15, 0.2) is 0 Å². The van der Waals surface area contributed by atoms with Gasteiger partial charge >= 0.3 is 0 Å². The Morgan fingerprint density at radius 2 is 1.93 bits per heavy atom. The highest BCUT2D eigenvalue weighted by atomic mass is 19.1. The molecule has 0 amide bonds. The summed E-state index contributed by atoms with van der Waals surface area (Å²) in [5.74, 6) is -1.44. The van der Waals surface area contributed by atoms with E-state index in [-0.39, 0.29) is 18.7 Å². The highest BCUT2D eigenvalue weighted by Gasteiger charge is 2.39. The molecule has 146 valence electrons. The lowest BCUT2D eigenvalue weighted by molar-refractivity contribution is -0.0259. The summed E-state index contributed by atoms with van der Waals surface area (Å²) in [5.41, 5.74) is -0.400. The number of halogens is 2. The molecule has 0 spiro atoms. The molecule has 0 saturated heterocycles. The van der Waals surface area contributed by atoms with Crippen LogP contribution in [-0.4, -0.2) is 37.4 Å². The summed E-state index contributed by atoms with van der Waals surface area (Å²) in [5, 5.41) is 15.6. The molecule has 2 aromatic carbocycles. The standard InChI is InChI=1S/C21H22F2N4O/c22-17-6-9-19(20(23)10-17)21(28,13-27-15-24-14-25-27)12-26(18-7-8-18)11-16-4-2-1-3-5-16/h1-6,9-10,14-15,18,28H,7-8,11-13H2. The fourth-order valence-corrected chi connectivity index (χ4v) is 3.58. The Morgan fingerprint density at radius 3 is 2.57 bits per heavy atom. The monoisotopic (exact) mass is 384 g/mol. The molecule has 7 heteroatoms. The van der Waals surface area contributed by atoms with Crippen LogP contribution in [0.3, 0.4) is 0 Å². The van der Waals surface area contributed by atoms with Gasteiger partial charge in [-0.05, 0) is 24.5 Å². The molecule has 1 aromatic heterocycles. The summed E-state index contributed by atoms with van der Waals surface area (Å²) in [7, 11) is 0. The van der Waals surface area contributed by atoms with E-state index in [2.05, 4.69) is 15.0 Å². The Labute approximate surface area is 162 Å². The van der Waals surface area contributed by atoms with E-state index in [1.54, 1.807) is 0 Å². The van der Waals surface area contributed by atoms with Crippen molar-refractivity contribution in [3.05, 3.63) is 83.9 Å². The van der Waals surface area contributed by atoms with E-state index in [4.69, 9.17) is 0 Å². The third kappa shape index (κ3) is 4.26. The van der Waals surface area contributed by atoms with E-state index < -0.39 is 17.2 Å². The van der Waals surface area contributed by atoms with Crippen molar-refractivity contribution in [1.29, 1.82) is 0 Å². The minimum absolute atomic E-state index is 0.0214. The zero-order valence-electron chi connectivity index (χ0n) is 15.4. The zero-order chi connectivity index (χ0) is 19.6. The van der Waals surface area contributed by atoms with E-state index >= 15 is 0 Å². The topological polar surface area (TPSA) is 54.2 Å². The van der Waals surface area contributed by atoms with E-state index in [0.29, 0.717) is 12.6 Å². The van der Waals surface area contributed by atoms with Crippen LogP contribution in [0.15, 0.2) is 61.2 Å². The van der Waals surface area contributed by atoms with E-state index in [9.17, 15) is 13.9 Å².